The van der Waals surface area contributed by atoms with E-state index in [1.165, 1.54) is 5.56 Å². The number of rotatable bonds is 5. The standard InChI is InChI=1S/C17H18O2/c1-3-13-8-10-15(11-9-13)19-16-7-5-6-14(12-16)17(18)4-2/h5-12H,3-4H2,1-2H3. The molecule has 2 rings (SSSR count). The summed E-state index contributed by atoms with van der Waals surface area (Å²) < 4.78 is 5.76. The lowest BCUT2D eigenvalue weighted by Gasteiger charge is -2.07. The van der Waals surface area contributed by atoms with Crippen molar-refractivity contribution in [2.75, 3.05) is 0 Å². The summed E-state index contributed by atoms with van der Waals surface area (Å²) in [5.41, 5.74) is 1.98. The minimum absolute atomic E-state index is 0.131. The third-order valence-corrected chi connectivity index (χ3v) is 3.04. The molecule has 19 heavy (non-hydrogen) atoms. The van der Waals surface area contributed by atoms with Crippen LogP contribution in [-0.2, 0) is 6.42 Å². The Morgan fingerprint density at radius 3 is 2.37 bits per heavy atom. The molecular weight excluding hydrogens is 236 g/mol. The number of ether oxygens (including phenoxy) is 1. The normalized spacial score (nSPS) is 10.2. The summed E-state index contributed by atoms with van der Waals surface area (Å²) in [4.78, 5) is 11.6. The second-order valence-corrected chi connectivity index (χ2v) is 4.40. The number of carbonyl (C=O) groups is 1. The minimum atomic E-state index is 0.131. The summed E-state index contributed by atoms with van der Waals surface area (Å²) >= 11 is 0. The molecule has 0 saturated heterocycles. The molecule has 2 nitrogen and oxygen atoms in total. The highest BCUT2D eigenvalue weighted by Crippen LogP contribution is 2.23. The van der Waals surface area contributed by atoms with Crippen LogP contribution in [0, 0.1) is 0 Å². The highest BCUT2D eigenvalue weighted by molar-refractivity contribution is 5.96. The van der Waals surface area contributed by atoms with Crippen LogP contribution in [0.1, 0.15) is 36.2 Å². The molecule has 2 aromatic carbocycles. The van der Waals surface area contributed by atoms with Gasteiger partial charge in [-0.15, -0.1) is 0 Å². The quantitative estimate of drug-likeness (QED) is 0.727. The van der Waals surface area contributed by atoms with Gasteiger partial charge in [0.15, 0.2) is 5.78 Å². The fourth-order valence-electron chi connectivity index (χ4n) is 1.87. The topological polar surface area (TPSA) is 26.3 Å². The predicted octanol–water partition coefficient (Wildman–Crippen LogP) is 4.63. The Morgan fingerprint density at radius 1 is 1.00 bits per heavy atom. The van der Waals surface area contributed by atoms with Gasteiger partial charge >= 0.3 is 0 Å². The van der Waals surface area contributed by atoms with E-state index in [0.717, 1.165) is 12.2 Å². The summed E-state index contributed by atoms with van der Waals surface area (Å²) in [6.07, 6.45) is 1.52. The molecule has 98 valence electrons. The van der Waals surface area contributed by atoms with Crippen molar-refractivity contribution in [3.63, 3.8) is 0 Å². The van der Waals surface area contributed by atoms with Gasteiger partial charge < -0.3 is 4.74 Å². The molecule has 0 fully saturated rings. The number of ketones is 1. The number of benzene rings is 2. The van der Waals surface area contributed by atoms with Crippen LogP contribution in [0.5, 0.6) is 11.5 Å². The van der Waals surface area contributed by atoms with Crippen LogP contribution < -0.4 is 4.74 Å². The predicted molar refractivity (Wildman–Crippen MR) is 77.0 cm³/mol. The molecule has 0 spiro atoms. The van der Waals surface area contributed by atoms with Gasteiger partial charge in [-0.05, 0) is 36.2 Å². The zero-order valence-corrected chi connectivity index (χ0v) is 11.3. The van der Waals surface area contributed by atoms with Gasteiger partial charge in [-0.25, -0.2) is 0 Å². The smallest absolute Gasteiger partial charge is 0.162 e. The van der Waals surface area contributed by atoms with Crippen molar-refractivity contribution in [1.82, 2.24) is 0 Å². The van der Waals surface area contributed by atoms with E-state index in [1.54, 1.807) is 6.07 Å². The zero-order chi connectivity index (χ0) is 13.7. The van der Waals surface area contributed by atoms with E-state index < -0.39 is 0 Å². The number of hydrogen-bond acceptors (Lipinski definition) is 2. The third-order valence-electron chi connectivity index (χ3n) is 3.04. The largest absolute Gasteiger partial charge is 0.457 e. The average Bonchev–Trinajstić information content (AvgIpc) is 2.47. The first-order valence-corrected chi connectivity index (χ1v) is 6.63. The second-order valence-electron chi connectivity index (χ2n) is 4.40. The fourth-order valence-corrected chi connectivity index (χ4v) is 1.87. The van der Waals surface area contributed by atoms with Crippen LogP contribution in [0.2, 0.25) is 0 Å². The number of carbonyl (C=O) groups excluding carboxylic acids is 1. The van der Waals surface area contributed by atoms with Crippen LogP contribution in [0.15, 0.2) is 48.5 Å². The molecule has 0 saturated carbocycles. The van der Waals surface area contributed by atoms with Gasteiger partial charge in [-0.1, -0.05) is 38.1 Å². The van der Waals surface area contributed by atoms with E-state index >= 15 is 0 Å². The fraction of sp³-hybridized carbons (Fsp3) is 0.235. The van der Waals surface area contributed by atoms with E-state index in [2.05, 4.69) is 19.1 Å². The number of aryl methyl sites for hydroxylation is 1. The first kappa shape index (κ1) is 13.3. The maximum atomic E-state index is 11.6. The highest BCUT2D eigenvalue weighted by Gasteiger charge is 2.05. The van der Waals surface area contributed by atoms with Crippen LogP contribution >= 0.6 is 0 Å². The Morgan fingerprint density at radius 2 is 1.74 bits per heavy atom. The van der Waals surface area contributed by atoms with Crippen LogP contribution in [0.25, 0.3) is 0 Å². The van der Waals surface area contributed by atoms with Gasteiger partial charge in [0.25, 0.3) is 0 Å². The Hall–Kier alpha value is -2.09. The zero-order valence-electron chi connectivity index (χ0n) is 11.3. The van der Waals surface area contributed by atoms with Gasteiger partial charge in [-0.2, -0.15) is 0 Å². The first-order chi connectivity index (χ1) is 9.22. The summed E-state index contributed by atoms with van der Waals surface area (Å²) in [6.45, 7) is 3.98. The Balaban J connectivity index is 2.16. The molecule has 2 aromatic rings. The molecular formula is C17H18O2. The number of Topliss-reactive ketones (excluding diaryl/α,β-unsaturated/α-hetero) is 1. The SMILES string of the molecule is CCC(=O)c1cccc(Oc2ccc(CC)cc2)c1. The summed E-state index contributed by atoms with van der Waals surface area (Å²) in [5.74, 6) is 1.62. The van der Waals surface area contributed by atoms with E-state index in [0.29, 0.717) is 17.7 Å². The monoisotopic (exact) mass is 254 g/mol. The van der Waals surface area contributed by atoms with Crippen molar-refractivity contribution in [1.29, 1.82) is 0 Å². The maximum absolute atomic E-state index is 11.6. The van der Waals surface area contributed by atoms with Crippen molar-refractivity contribution < 1.29 is 9.53 Å². The van der Waals surface area contributed by atoms with Gasteiger partial charge in [0.05, 0.1) is 0 Å². The van der Waals surface area contributed by atoms with Gasteiger partial charge in [-0.3, -0.25) is 4.79 Å². The molecule has 0 heterocycles. The van der Waals surface area contributed by atoms with Crippen molar-refractivity contribution >= 4 is 5.78 Å². The van der Waals surface area contributed by atoms with Crippen LogP contribution in [0.4, 0.5) is 0 Å². The van der Waals surface area contributed by atoms with Crippen LogP contribution in [-0.4, -0.2) is 5.78 Å². The van der Waals surface area contributed by atoms with Crippen molar-refractivity contribution in [2.45, 2.75) is 26.7 Å². The lowest BCUT2D eigenvalue weighted by molar-refractivity contribution is 0.0988. The molecule has 0 aliphatic heterocycles. The molecule has 0 radical (unpaired) electrons. The first-order valence-electron chi connectivity index (χ1n) is 6.63. The lowest BCUT2D eigenvalue weighted by atomic mass is 10.1. The van der Waals surface area contributed by atoms with E-state index in [-0.39, 0.29) is 5.78 Å². The summed E-state index contributed by atoms with van der Waals surface area (Å²) in [7, 11) is 0. The molecule has 0 aliphatic carbocycles. The van der Waals surface area contributed by atoms with Crippen molar-refractivity contribution in [3.8, 4) is 11.5 Å². The molecule has 0 amide bonds. The lowest BCUT2D eigenvalue weighted by Crippen LogP contribution is -1.96. The average molecular weight is 254 g/mol. The summed E-state index contributed by atoms with van der Waals surface area (Å²) in [6, 6.07) is 15.3. The molecule has 0 unspecified atom stereocenters. The maximum Gasteiger partial charge on any atom is 0.162 e. The Kier molecular flexibility index (Phi) is 4.35. The Labute approximate surface area is 114 Å². The molecule has 0 bridgehead atoms. The number of hydrogen-bond donors (Lipinski definition) is 0. The van der Waals surface area contributed by atoms with Crippen molar-refractivity contribution in [3.05, 3.63) is 59.7 Å². The highest BCUT2D eigenvalue weighted by atomic mass is 16.5. The summed E-state index contributed by atoms with van der Waals surface area (Å²) in [5, 5.41) is 0. The third kappa shape index (κ3) is 3.44. The molecule has 0 aromatic heterocycles. The van der Waals surface area contributed by atoms with Crippen LogP contribution in [0.3, 0.4) is 0 Å². The molecule has 2 heteroatoms. The molecule has 0 aliphatic rings. The van der Waals surface area contributed by atoms with E-state index in [4.69, 9.17) is 4.74 Å². The van der Waals surface area contributed by atoms with Gasteiger partial charge in [0.2, 0.25) is 0 Å². The van der Waals surface area contributed by atoms with Crippen molar-refractivity contribution in [2.24, 2.45) is 0 Å². The second kappa shape index (κ2) is 6.19. The Bertz CT molecular complexity index is 556. The minimum Gasteiger partial charge on any atom is -0.457 e. The van der Waals surface area contributed by atoms with E-state index in [9.17, 15) is 4.79 Å². The van der Waals surface area contributed by atoms with E-state index in [1.807, 2.05) is 37.3 Å². The van der Waals surface area contributed by atoms with Gasteiger partial charge in [0.1, 0.15) is 11.5 Å². The molecule has 0 N–H and O–H groups in total. The van der Waals surface area contributed by atoms with Gasteiger partial charge in [0, 0.05) is 12.0 Å². The molecule has 0 atom stereocenters.